The van der Waals surface area contributed by atoms with Crippen LogP contribution < -0.4 is 10.2 Å². The fraction of sp³-hybridized carbons (Fsp3) is 0.562. The van der Waals surface area contributed by atoms with Gasteiger partial charge < -0.3 is 10.2 Å². The normalized spacial score (nSPS) is 15.4. The molecule has 0 spiro atoms. The Morgan fingerprint density at radius 1 is 1.30 bits per heavy atom. The molecule has 1 aliphatic heterocycles. The van der Waals surface area contributed by atoms with Gasteiger partial charge in [-0.2, -0.15) is 0 Å². The number of hydrogen-bond acceptors (Lipinski definition) is 2. The summed E-state index contributed by atoms with van der Waals surface area (Å²) in [5.74, 6) is -0.0904. The molecule has 2 rings (SSSR count). The molecular formula is C16H23FN2O. The molecule has 110 valence electrons. The van der Waals surface area contributed by atoms with E-state index in [2.05, 4.69) is 26.1 Å². The van der Waals surface area contributed by atoms with Gasteiger partial charge in [0.25, 0.3) is 0 Å². The standard InChI is InChI=1S/C16H23FN2O/c1-16(2,3)18-9-4-10-19-14-7-6-13(17)11-12(14)5-8-15(19)20/h6-7,11,18H,4-5,8-10H2,1-3H3. The summed E-state index contributed by atoms with van der Waals surface area (Å²) in [7, 11) is 0. The number of anilines is 1. The van der Waals surface area contributed by atoms with Gasteiger partial charge in [-0.3, -0.25) is 4.79 Å². The first-order valence-corrected chi connectivity index (χ1v) is 7.21. The molecule has 0 radical (unpaired) electrons. The molecule has 1 amide bonds. The molecule has 1 heterocycles. The Morgan fingerprint density at radius 2 is 2.05 bits per heavy atom. The molecule has 1 aromatic carbocycles. The Balaban J connectivity index is 1.99. The highest BCUT2D eigenvalue weighted by molar-refractivity contribution is 5.96. The number of fused-ring (bicyclic) bond motifs is 1. The van der Waals surface area contributed by atoms with Crippen LogP contribution in [-0.2, 0) is 11.2 Å². The zero-order valence-corrected chi connectivity index (χ0v) is 12.5. The number of rotatable bonds is 4. The van der Waals surface area contributed by atoms with E-state index in [0.29, 0.717) is 19.4 Å². The molecule has 20 heavy (non-hydrogen) atoms. The number of amides is 1. The smallest absolute Gasteiger partial charge is 0.227 e. The number of carbonyl (C=O) groups excluding carboxylic acids is 1. The minimum absolute atomic E-state index is 0.0902. The molecule has 0 aliphatic carbocycles. The van der Waals surface area contributed by atoms with E-state index in [0.717, 1.165) is 24.2 Å². The maximum absolute atomic E-state index is 13.2. The van der Waals surface area contributed by atoms with Crippen LogP contribution in [0.5, 0.6) is 0 Å². The first-order chi connectivity index (χ1) is 9.37. The molecule has 0 fully saturated rings. The van der Waals surface area contributed by atoms with E-state index in [4.69, 9.17) is 0 Å². The maximum Gasteiger partial charge on any atom is 0.227 e. The highest BCUT2D eigenvalue weighted by Crippen LogP contribution is 2.28. The Morgan fingerprint density at radius 3 is 2.75 bits per heavy atom. The van der Waals surface area contributed by atoms with Crippen molar-refractivity contribution in [2.45, 2.75) is 45.6 Å². The monoisotopic (exact) mass is 278 g/mol. The fourth-order valence-corrected chi connectivity index (χ4v) is 2.47. The molecule has 0 aromatic heterocycles. The van der Waals surface area contributed by atoms with E-state index >= 15 is 0 Å². The van der Waals surface area contributed by atoms with Crippen LogP contribution in [0.2, 0.25) is 0 Å². The van der Waals surface area contributed by atoms with Crippen molar-refractivity contribution in [1.29, 1.82) is 0 Å². The van der Waals surface area contributed by atoms with Gasteiger partial charge >= 0.3 is 0 Å². The molecule has 1 aliphatic rings. The molecule has 0 saturated heterocycles. The second-order valence-electron chi connectivity index (χ2n) is 6.35. The lowest BCUT2D eigenvalue weighted by Gasteiger charge is -2.30. The van der Waals surface area contributed by atoms with E-state index in [1.165, 1.54) is 6.07 Å². The molecule has 0 bridgehead atoms. The van der Waals surface area contributed by atoms with E-state index < -0.39 is 0 Å². The van der Waals surface area contributed by atoms with Crippen molar-refractivity contribution in [2.75, 3.05) is 18.0 Å². The van der Waals surface area contributed by atoms with Gasteiger partial charge in [-0.05, 0) is 63.9 Å². The number of carbonyl (C=O) groups is 1. The average molecular weight is 278 g/mol. The number of aryl methyl sites for hydroxylation is 1. The van der Waals surface area contributed by atoms with Crippen LogP contribution in [0.1, 0.15) is 39.2 Å². The van der Waals surface area contributed by atoms with E-state index in [1.54, 1.807) is 17.0 Å². The molecule has 1 N–H and O–H groups in total. The Kier molecular flexibility index (Phi) is 4.43. The largest absolute Gasteiger partial charge is 0.312 e. The molecule has 0 atom stereocenters. The third kappa shape index (κ3) is 3.79. The SMILES string of the molecule is CC(C)(C)NCCCN1C(=O)CCc2cc(F)ccc21. The van der Waals surface area contributed by atoms with Crippen LogP contribution in [0.25, 0.3) is 0 Å². The Bertz CT molecular complexity index is 494. The fourth-order valence-electron chi connectivity index (χ4n) is 2.47. The van der Waals surface area contributed by atoms with Crippen LogP contribution >= 0.6 is 0 Å². The second-order valence-corrected chi connectivity index (χ2v) is 6.35. The molecule has 1 aromatic rings. The third-order valence-electron chi connectivity index (χ3n) is 3.46. The molecule has 0 unspecified atom stereocenters. The molecular weight excluding hydrogens is 255 g/mol. The summed E-state index contributed by atoms with van der Waals surface area (Å²) in [4.78, 5) is 13.8. The van der Waals surface area contributed by atoms with Crippen molar-refractivity contribution < 1.29 is 9.18 Å². The average Bonchev–Trinajstić information content (AvgIpc) is 2.35. The number of nitrogens with one attached hydrogen (secondary N) is 1. The van der Waals surface area contributed by atoms with Gasteiger partial charge in [0.05, 0.1) is 0 Å². The van der Waals surface area contributed by atoms with Crippen molar-refractivity contribution >= 4 is 11.6 Å². The first-order valence-electron chi connectivity index (χ1n) is 7.21. The topological polar surface area (TPSA) is 32.3 Å². The molecule has 0 saturated carbocycles. The number of hydrogen-bond donors (Lipinski definition) is 1. The summed E-state index contributed by atoms with van der Waals surface area (Å²) in [6.45, 7) is 7.91. The maximum atomic E-state index is 13.2. The Hall–Kier alpha value is -1.42. The lowest BCUT2D eigenvalue weighted by atomic mass is 10.0. The van der Waals surface area contributed by atoms with Gasteiger partial charge in [0.2, 0.25) is 5.91 Å². The van der Waals surface area contributed by atoms with Gasteiger partial charge in [0.1, 0.15) is 5.82 Å². The van der Waals surface area contributed by atoms with Crippen LogP contribution in [0.15, 0.2) is 18.2 Å². The van der Waals surface area contributed by atoms with Gasteiger partial charge in [-0.25, -0.2) is 4.39 Å². The van der Waals surface area contributed by atoms with Crippen molar-refractivity contribution in [3.63, 3.8) is 0 Å². The highest BCUT2D eigenvalue weighted by atomic mass is 19.1. The summed E-state index contributed by atoms with van der Waals surface area (Å²) in [5.41, 5.74) is 1.90. The summed E-state index contributed by atoms with van der Waals surface area (Å²) in [5, 5.41) is 3.41. The van der Waals surface area contributed by atoms with Crippen LogP contribution in [0, 0.1) is 5.82 Å². The predicted molar refractivity (Wildman–Crippen MR) is 79.4 cm³/mol. The number of nitrogens with zero attached hydrogens (tertiary/aromatic N) is 1. The van der Waals surface area contributed by atoms with Crippen LogP contribution in [-0.4, -0.2) is 24.5 Å². The van der Waals surface area contributed by atoms with Gasteiger partial charge in [0, 0.05) is 24.2 Å². The Labute approximate surface area is 120 Å². The summed E-state index contributed by atoms with van der Waals surface area (Å²) < 4.78 is 13.2. The van der Waals surface area contributed by atoms with Crippen molar-refractivity contribution in [2.24, 2.45) is 0 Å². The lowest BCUT2D eigenvalue weighted by molar-refractivity contribution is -0.118. The van der Waals surface area contributed by atoms with Crippen molar-refractivity contribution in [3.05, 3.63) is 29.6 Å². The van der Waals surface area contributed by atoms with Gasteiger partial charge in [0.15, 0.2) is 0 Å². The van der Waals surface area contributed by atoms with Crippen LogP contribution in [0.3, 0.4) is 0 Å². The molecule has 3 nitrogen and oxygen atoms in total. The van der Waals surface area contributed by atoms with E-state index in [9.17, 15) is 9.18 Å². The van der Waals surface area contributed by atoms with Gasteiger partial charge in [-0.1, -0.05) is 0 Å². The summed E-state index contributed by atoms with van der Waals surface area (Å²) >= 11 is 0. The van der Waals surface area contributed by atoms with Crippen molar-refractivity contribution in [1.82, 2.24) is 5.32 Å². The quantitative estimate of drug-likeness (QED) is 0.859. The highest BCUT2D eigenvalue weighted by Gasteiger charge is 2.24. The minimum atomic E-state index is -0.229. The summed E-state index contributed by atoms with van der Waals surface area (Å²) in [6, 6.07) is 4.69. The number of benzene rings is 1. The van der Waals surface area contributed by atoms with Crippen LogP contribution in [0.4, 0.5) is 10.1 Å². The zero-order chi connectivity index (χ0) is 14.8. The van der Waals surface area contributed by atoms with E-state index in [1.807, 2.05) is 0 Å². The lowest BCUT2D eigenvalue weighted by Crippen LogP contribution is -2.40. The van der Waals surface area contributed by atoms with Crippen molar-refractivity contribution in [3.8, 4) is 0 Å². The molecule has 4 heteroatoms. The number of halogens is 1. The summed E-state index contributed by atoms with van der Waals surface area (Å²) in [6.07, 6.45) is 2.01. The first kappa shape index (κ1) is 15.0. The van der Waals surface area contributed by atoms with E-state index in [-0.39, 0.29) is 17.3 Å². The third-order valence-corrected chi connectivity index (χ3v) is 3.46. The van der Waals surface area contributed by atoms with Gasteiger partial charge in [-0.15, -0.1) is 0 Å². The second kappa shape index (κ2) is 5.92. The minimum Gasteiger partial charge on any atom is -0.312 e. The zero-order valence-electron chi connectivity index (χ0n) is 12.5. The predicted octanol–water partition coefficient (Wildman–Crippen LogP) is 2.88.